The summed E-state index contributed by atoms with van der Waals surface area (Å²) in [6.07, 6.45) is -6.13. The summed E-state index contributed by atoms with van der Waals surface area (Å²) in [5.41, 5.74) is 0. The highest BCUT2D eigenvalue weighted by molar-refractivity contribution is 7.89. The highest BCUT2D eigenvalue weighted by Gasteiger charge is 2.30. The molecule has 0 amide bonds. The van der Waals surface area contributed by atoms with Gasteiger partial charge in [-0.1, -0.05) is 13.8 Å². The molecule has 0 saturated carbocycles. The number of ether oxygens (including phenoxy) is 1. The minimum absolute atomic E-state index is 0.371. The largest absolute Gasteiger partial charge is 0.468 e. The van der Waals surface area contributed by atoms with Crippen molar-refractivity contribution in [2.45, 2.75) is 38.9 Å². The molecule has 0 aromatic carbocycles. The van der Waals surface area contributed by atoms with Crippen molar-refractivity contribution >= 4 is 16.0 Å². The van der Waals surface area contributed by atoms with Gasteiger partial charge in [-0.25, -0.2) is 13.1 Å². The molecule has 0 fully saturated rings. The third-order valence-electron chi connectivity index (χ3n) is 2.30. The van der Waals surface area contributed by atoms with Crippen LogP contribution in [0.5, 0.6) is 0 Å². The molecule has 1 N–H and O–H groups in total. The first-order valence-electron chi connectivity index (χ1n) is 5.63. The van der Waals surface area contributed by atoms with E-state index in [1.54, 1.807) is 13.8 Å². The molecule has 0 aliphatic carbocycles. The van der Waals surface area contributed by atoms with Crippen molar-refractivity contribution in [3.8, 4) is 0 Å². The van der Waals surface area contributed by atoms with Gasteiger partial charge in [0.1, 0.15) is 6.04 Å². The Kier molecular flexibility index (Phi) is 6.78. The highest BCUT2D eigenvalue weighted by Crippen LogP contribution is 2.21. The van der Waals surface area contributed by atoms with Gasteiger partial charge in [-0.3, -0.25) is 4.79 Å². The van der Waals surface area contributed by atoms with Gasteiger partial charge >= 0.3 is 12.1 Å². The Hall–Kier alpha value is -0.830. The smallest absolute Gasteiger partial charge is 0.389 e. The third kappa shape index (κ3) is 8.04. The zero-order valence-corrected chi connectivity index (χ0v) is 11.8. The Morgan fingerprint density at radius 3 is 2.21 bits per heavy atom. The molecule has 0 spiro atoms. The predicted octanol–water partition coefficient (Wildman–Crippen LogP) is 1.45. The number of esters is 1. The van der Waals surface area contributed by atoms with Crippen LogP contribution in [0.3, 0.4) is 0 Å². The van der Waals surface area contributed by atoms with Crippen molar-refractivity contribution in [1.82, 2.24) is 4.72 Å². The van der Waals surface area contributed by atoms with Crippen LogP contribution < -0.4 is 4.72 Å². The first-order valence-corrected chi connectivity index (χ1v) is 7.28. The van der Waals surface area contributed by atoms with Crippen LogP contribution in [-0.4, -0.2) is 39.5 Å². The van der Waals surface area contributed by atoms with Gasteiger partial charge in [0.25, 0.3) is 0 Å². The molecular formula is C10H18F3NO4S. The Balaban J connectivity index is 4.53. The number of carbonyl (C=O) groups is 1. The van der Waals surface area contributed by atoms with Crippen LogP contribution in [-0.2, 0) is 19.6 Å². The van der Waals surface area contributed by atoms with Crippen molar-refractivity contribution in [3.05, 3.63) is 0 Å². The van der Waals surface area contributed by atoms with Crippen LogP contribution >= 0.6 is 0 Å². The lowest BCUT2D eigenvalue weighted by molar-refractivity contribution is -0.143. The fourth-order valence-electron chi connectivity index (χ4n) is 1.30. The van der Waals surface area contributed by atoms with E-state index in [1.165, 1.54) is 0 Å². The molecular weight excluding hydrogens is 287 g/mol. The second kappa shape index (κ2) is 7.09. The topological polar surface area (TPSA) is 72.5 Å². The van der Waals surface area contributed by atoms with E-state index in [0.717, 1.165) is 7.11 Å². The van der Waals surface area contributed by atoms with E-state index in [-0.39, 0.29) is 5.92 Å². The van der Waals surface area contributed by atoms with Gasteiger partial charge in [0.15, 0.2) is 0 Å². The van der Waals surface area contributed by atoms with Crippen LogP contribution in [0.1, 0.15) is 26.7 Å². The standard InChI is InChI=1S/C10H18F3NO4S/c1-7(2)8(9(15)18-3)14-19(16,17)6-4-5-10(11,12)13/h7-8,14H,4-6H2,1-3H3. The molecule has 114 valence electrons. The number of alkyl halides is 3. The lowest BCUT2D eigenvalue weighted by Crippen LogP contribution is -2.45. The van der Waals surface area contributed by atoms with Gasteiger partial charge in [0, 0.05) is 6.42 Å². The number of rotatable bonds is 7. The van der Waals surface area contributed by atoms with E-state index in [1.807, 2.05) is 0 Å². The molecule has 0 aliphatic rings. The number of hydrogen-bond acceptors (Lipinski definition) is 4. The summed E-state index contributed by atoms with van der Waals surface area (Å²) < 4.78 is 65.4. The van der Waals surface area contributed by atoms with Gasteiger partial charge in [-0.2, -0.15) is 13.2 Å². The number of halogens is 3. The van der Waals surface area contributed by atoms with E-state index in [2.05, 4.69) is 9.46 Å². The van der Waals surface area contributed by atoms with E-state index in [9.17, 15) is 26.4 Å². The maximum atomic E-state index is 11.9. The van der Waals surface area contributed by atoms with Gasteiger partial charge in [0.2, 0.25) is 10.0 Å². The molecule has 0 bridgehead atoms. The van der Waals surface area contributed by atoms with Crippen molar-refractivity contribution in [1.29, 1.82) is 0 Å². The molecule has 0 radical (unpaired) electrons. The second-order valence-corrected chi connectivity index (χ2v) is 6.27. The Labute approximate surface area is 110 Å². The molecule has 0 heterocycles. The number of carbonyl (C=O) groups excluding carboxylic acids is 1. The quantitative estimate of drug-likeness (QED) is 0.723. The van der Waals surface area contributed by atoms with Gasteiger partial charge in [0.05, 0.1) is 12.9 Å². The lowest BCUT2D eigenvalue weighted by atomic mass is 10.1. The van der Waals surface area contributed by atoms with Crippen molar-refractivity contribution in [2.24, 2.45) is 5.92 Å². The van der Waals surface area contributed by atoms with Gasteiger partial charge in [-0.05, 0) is 12.3 Å². The zero-order chi connectivity index (χ0) is 15.3. The molecule has 0 rings (SSSR count). The van der Waals surface area contributed by atoms with E-state index >= 15 is 0 Å². The zero-order valence-electron chi connectivity index (χ0n) is 11.0. The van der Waals surface area contributed by atoms with Crippen molar-refractivity contribution in [3.63, 3.8) is 0 Å². The average molecular weight is 305 g/mol. The second-order valence-electron chi connectivity index (χ2n) is 4.40. The maximum absolute atomic E-state index is 11.9. The molecule has 0 aliphatic heterocycles. The highest BCUT2D eigenvalue weighted by atomic mass is 32.2. The van der Waals surface area contributed by atoms with Crippen LogP contribution in [0.4, 0.5) is 13.2 Å². The average Bonchev–Trinajstić information content (AvgIpc) is 2.22. The molecule has 19 heavy (non-hydrogen) atoms. The van der Waals surface area contributed by atoms with Crippen LogP contribution in [0.15, 0.2) is 0 Å². The molecule has 5 nitrogen and oxygen atoms in total. The minimum atomic E-state index is -4.39. The lowest BCUT2D eigenvalue weighted by Gasteiger charge is -2.19. The van der Waals surface area contributed by atoms with Crippen molar-refractivity contribution < 1.29 is 31.1 Å². The number of nitrogens with one attached hydrogen (secondary N) is 1. The van der Waals surface area contributed by atoms with Gasteiger partial charge in [-0.15, -0.1) is 0 Å². The summed E-state index contributed by atoms with van der Waals surface area (Å²) >= 11 is 0. The Morgan fingerprint density at radius 1 is 1.32 bits per heavy atom. The molecule has 9 heteroatoms. The Morgan fingerprint density at radius 2 is 1.84 bits per heavy atom. The maximum Gasteiger partial charge on any atom is 0.389 e. The van der Waals surface area contributed by atoms with Crippen molar-refractivity contribution in [2.75, 3.05) is 12.9 Å². The first kappa shape index (κ1) is 18.2. The fraction of sp³-hybridized carbons (Fsp3) is 0.900. The summed E-state index contributed by atoms with van der Waals surface area (Å²) in [6.45, 7) is 3.19. The molecule has 1 unspecified atom stereocenters. The monoisotopic (exact) mass is 305 g/mol. The van der Waals surface area contributed by atoms with E-state index in [0.29, 0.717) is 0 Å². The third-order valence-corrected chi connectivity index (χ3v) is 3.74. The van der Waals surface area contributed by atoms with E-state index in [4.69, 9.17) is 0 Å². The first-order chi connectivity index (χ1) is 8.48. The summed E-state index contributed by atoms with van der Waals surface area (Å²) in [5.74, 6) is -1.83. The van der Waals surface area contributed by atoms with Crippen LogP contribution in [0.2, 0.25) is 0 Å². The fourth-order valence-corrected chi connectivity index (χ4v) is 2.70. The van der Waals surface area contributed by atoms with Gasteiger partial charge < -0.3 is 4.74 Å². The summed E-state index contributed by atoms with van der Waals surface area (Å²) in [5, 5.41) is 0. The molecule has 0 aromatic heterocycles. The number of methoxy groups -OCH3 is 1. The SMILES string of the molecule is COC(=O)C(NS(=O)(=O)CCCC(F)(F)F)C(C)C. The molecule has 0 saturated heterocycles. The predicted molar refractivity (Wildman–Crippen MR) is 62.9 cm³/mol. The number of sulfonamides is 1. The van der Waals surface area contributed by atoms with Crippen LogP contribution in [0, 0.1) is 5.92 Å². The number of hydrogen-bond donors (Lipinski definition) is 1. The van der Waals surface area contributed by atoms with Crippen LogP contribution in [0.25, 0.3) is 0 Å². The Bertz CT molecular complexity index is 392. The summed E-state index contributed by atoms with van der Waals surface area (Å²) in [7, 11) is -2.85. The molecule has 1 atom stereocenters. The molecule has 0 aromatic rings. The summed E-state index contributed by atoms with van der Waals surface area (Å²) in [6, 6.07) is -1.10. The minimum Gasteiger partial charge on any atom is -0.468 e. The normalized spacial score (nSPS) is 14.5. The summed E-state index contributed by atoms with van der Waals surface area (Å²) in [4.78, 5) is 11.3. The van der Waals surface area contributed by atoms with E-state index < -0.39 is 46.8 Å².